The van der Waals surface area contributed by atoms with E-state index < -0.39 is 0 Å². The lowest BCUT2D eigenvalue weighted by molar-refractivity contribution is 0.111. The number of rotatable bonds is 6. The van der Waals surface area contributed by atoms with E-state index in [4.69, 9.17) is 4.74 Å². The van der Waals surface area contributed by atoms with Gasteiger partial charge in [0.15, 0.2) is 6.29 Å². The lowest BCUT2D eigenvalue weighted by Gasteiger charge is -2.32. The molecule has 1 saturated heterocycles. The molecule has 3 rings (SSSR count). The third kappa shape index (κ3) is 5.81. The third-order valence-electron chi connectivity index (χ3n) is 4.19. The van der Waals surface area contributed by atoms with E-state index >= 15 is 0 Å². The Kier molecular flexibility index (Phi) is 7.84. The summed E-state index contributed by atoms with van der Waals surface area (Å²) in [5.74, 6) is 0.791. The number of hydrogen-bond acceptors (Lipinski definition) is 6. The van der Waals surface area contributed by atoms with Crippen LogP contribution < -0.4 is 4.74 Å². The number of piperazine rings is 1. The van der Waals surface area contributed by atoms with Crippen molar-refractivity contribution in [2.45, 2.75) is 6.92 Å². The average Bonchev–Trinajstić information content (AvgIpc) is 3.06. The number of fused-ring (bicyclic) bond motifs is 1. The maximum Gasteiger partial charge on any atom is 0.168 e. The summed E-state index contributed by atoms with van der Waals surface area (Å²) in [5, 5.41) is 0. The molecule has 0 aliphatic carbocycles. The molecule has 2 aromatic rings. The average molecular weight is 348 g/mol. The summed E-state index contributed by atoms with van der Waals surface area (Å²) in [7, 11) is 3.83. The number of aldehydes is 1. The van der Waals surface area contributed by atoms with Crippen molar-refractivity contribution in [2.24, 2.45) is 0 Å². The molecule has 0 saturated carbocycles. The topological polar surface area (TPSA) is 59.3 Å². The number of ether oxygens (including phenoxy) is 2. The van der Waals surface area contributed by atoms with E-state index in [1.165, 1.54) is 0 Å². The van der Waals surface area contributed by atoms with Gasteiger partial charge in [0, 0.05) is 58.7 Å². The molecule has 3 heterocycles. The molecule has 25 heavy (non-hydrogen) atoms. The quantitative estimate of drug-likeness (QED) is 0.736. The Morgan fingerprint density at radius 3 is 2.64 bits per heavy atom. The third-order valence-corrected chi connectivity index (χ3v) is 4.19. The molecule has 7 nitrogen and oxygen atoms in total. The monoisotopic (exact) mass is 348 g/mol. The molecule has 0 atom stereocenters. The van der Waals surface area contributed by atoms with Crippen molar-refractivity contribution < 1.29 is 14.3 Å². The smallest absolute Gasteiger partial charge is 0.168 e. The van der Waals surface area contributed by atoms with Gasteiger partial charge >= 0.3 is 0 Å². The van der Waals surface area contributed by atoms with Crippen molar-refractivity contribution >= 4 is 11.9 Å². The second-order valence-electron chi connectivity index (χ2n) is 5.96. The van der Waals surface area contributed by atoms with Gasteiger partial charge < -0.3 is 14.4 Å². The van der Waals surface area contributed by atoms with Gasteiger partial charge in [-0.1, -0.05) is 0 Å². The van der Waals surface area contributed by atoms with Crippen LogP contribution in [-0.2, 0) is 4.74 Å². The van der Waals surface area contributed by atoms with Gasteiger partial charge in [0.1, 0.15) is 23.7 Å². The predicted octanol–water partition coefficient (Wildman–Crippen LogP) is 1.43. The minimum atomic E-state index is 0.550. The van der Waals surface area contributed by atoms with E-state index in [0.29, 0.717) is 12.3 Å². The largest absolute Gasteiger partial charge is 0.492 e. The summed E-state index contributed by atoms with van der Waals surface area (Å²) >= 11 is 0. The van der Waals surface area contributed by atoms with Gasteiger partial charge in [0.25, 0.3) is 0 Å². The first-order valence-corrected chi connectivity index (χ1v) is 8.62. The number of likely N-dealkylation sites (N-methyl/N-ethyl adjacent to an activating group) is 1. The predicted molar refractivity (Wildman–Crippen MR) is 97.6 cm³/mol. The summed E-state index contributed by atoms with van der Waals surface area (Å²) in [4.78, 5) is 19.8. The number of methoxy groups -OCH3 is 1. The highest BCUT2D eigenvalue weighted by molar-refractivity contribution is 5.74. The fraction of sp³-hybridized carbons (Fsp3) is 0.556. The van der Waals surface area contributed by atoms with Crippen LogP contribution in [0.15, 0.2) is 24.5 Å². The molecule has 1 aliphatic heterocycles. The Labute approximate surface area is 149 Å². The maximum absolute atomic E-state index is 10.8. The Balaban J connectivity index is 0.000000511. The van der Waals surface area contributed by atoms with Crippen molar-refractivity contribution in [3.8, 4) is 5.75 Å². The van der Waals surface area contributed by atoms with Crippen LogP contribution in [0.2, 0.25) is 0 Å². The van der Waals surface area contributed by atoms with Crippen LogP contribution in [0.1, 0.15) is 17.4 Å². The number of imidazole rings is 1. The SMILES string of the molecule is CCOC.CN1CCN(CCOc2ccn3c(C=O)cnc3c2)CC1. The Morgan fingerprint density at radius 1 is 1.28 bits per heavy atom. The second kappa shape index (κ2) is 10.1. The standard InChI is InChI=1S/C15H20N4O2.C3H8O/c1-17-4-6-18(7-5-17)8-9-21-14-2-3-19-13(12-20)11-16-15(19)10-14;1-3-4-2/h2-3,10-12H,4-9H2,1H3;3H2,1-2H3. The molecule has 1 aliphatic rings. The Hall–Kier alpha value is -1.96. The molecule has 2 aromatic heterocycles. The first-order valence-electron chi connectivity index (χ1n) is 8.62. The molecule has 0 N–H and O–H groups in total. The lowest BCUT2D eigenvalue weighted by atomic mass is 10.3. The minimum Gasteiger partial charge on any atom is -0.492 e. The van der Waals surface area contributed by atoms with E-state index in [0.717, 1.165) is 57.0 Å². The zero-order chi connectivity index (χ0) is 18.1. The van der Waals surface area contributed by atoms with Crippen LogP contribution >= 0.6 is 0 Å². The molecule has 0 amide bonds. The summed E-state index contributed by atoms with van der Waals surface area (Å²) < 4.78 is 12.1. The highest BCUT2D eigenvalue weighted by Gasteiger charge is 2.13. The van der Waals surface area contributed by atoms with Gasteiger partial charge in [0.2, 0.25) is 0 Å². The molecular weight excluding hydrogens is 320 g/mol. The van der Waals surface area contributed by atoms with Crippen LogP contribution in [-0.4, -0.2) is 85.6 Å². The molecule has 0 unspecified atom stereocenters. The Bertz CT molecular complexity index is 649. The number of aromatic nitrogens is 2. The maximum atomic E-state index is 10.8. The number of nitrogens with zero attached hydrogens (tertiary/aromatic N) is 4. The fourth-order valence-electron chi connectivity index (χ4n) is 2.52. The lowest BCUT2D eigenvalue weighted by Crippen LogP contribution is -2.45. The molecule has 0 bridgehead atoms. The number of hydrogen-bond donors (Lipinski definition) is 0. The van der Waals surface area contributed by atoms with E-state index in [-0.39, 0.29) is 0 Å². The van der Waals surface area contributed by atoms with E-state index in [9.17, 15) is 4.79 Å². The summed E-state index contributed by atoms with van der Waals surface area (Å²) in [6.45, 7) is 8.82. The van der Waals surface area contributed by atoms with Crippen molar-refractivity contribution in [2.75, 3.05) is 60.1 Å². The van der Waals surface area contributed by atoms with Gasteiger partial charge in [-0.2, -0.15) is 0 Å². The first kappa shape index (κ1) is 19.4. The van der Waals surface area contributed by atoms with Gasteiger partial charge in [-0.25, -0.2) is 4.98 Å². The Morgan fingerprint density at radius 2 is 2.00 bits per heavy atom. The van der Waals surface area contributed by atoms with Crippen molar-refractivity contribution in [3.63, 3.8) is 0 Å². The molecule has 0 aromatic carbocycles. The minimum absolute atomic E-state index is 0.550. The first-order chi connectivity index (χ1) is 12.2. The molecule has 138 valence electrons. The van der Waals surface area contributed by atoms with Crippen molar-refractivity contribution in [1.82, 2.24) is 19.2 Å². The summed E-state index contributed by atoms with van der Waals surface area (Å²) in [6, 6.07) is 3.72. The van der Waals surface area contributed by atoms with Gasteiger partial charge in [-0.15, -0.1) is 0 Å². The zero-order valence-electron chi connectivity index (χ0n) is 15.4. The molecular formula is C18H28N4O3. The van der Waals surface area contributed by atoms with Crippen LogP contribution in [0.5, 0.6) is 5.75 Å². The van der Waals surface area contributed by atoms with E-state index in [2.05, 4.69) is 26.6 Å². The van der Waals surface area contributed by atoms with E-state index in [1.54, 1.807) is 17.7 Å². The highest BCUT2D eigenvalue weighted by Crippen LogP contribution is 2.15. The van der Waals surface area contributed by atoms with Crippen LogP contribution in [0, 0.1) is 0 Å². The molecule has 1 fully saturated rings. The van der Waals surface area contributed by atoms with Gasteiger partial charge in [-0.3, -0.25) is 14.1 Å². The summed E-state index contributed by atoms with van der Waals surface area (Å²) in [5.41, 5.74) is 1.28. The van der Waals surface area contributed by atoms with E-state index in [1.807, 2.05) is 25.3 Å². The number of pyridine rings is 1. The zero-order valence-corrected chi connectivity index (χ0v) is 15.4. The fourth-order valence-corrected chi connectivity index (χ4v) is 2.52. The van der Waals surface area contributed by atoms with Crippen molar-refractivity contribution in [3.05, 3.63) is 30.2 Å². The van der Waals surface area contributed by atoms with Crippen LogP contribution in [0.3, 0.4) is 0 Å². The van der Waals surface area contributed by atoms with Gasteiger partial charge in [-0.05, 0) is 20.0 Å². The normalized spacial score (nSPS) is 15.6. The van der Waals surface area contributed by atoms with Crippen LogP contribution in [0.4, 0.5) is 0 Å². The summed E-state index contributed by atoms with van der Waals surface area (Å²) in [6.07, 6.45) is 4.18. The molecule has 0 spiro atoms. The highest BCUT2D eigenvalue weighted by atomic mass is 16.5. The molecule has 0 radical (unpaired) electrons. The van der Waals surface area contributed by atoms with Gasteiger partial charge in [0.05, 0.1) is 6.20 Å². The van der Waals surface area contributed by atoms with Crippen molar-refractivity contribution in [1.29, 1.82) is 0 Å². The number of carbonyl (C=O) groups is 1. The van der Waals surface area contributed by atoms with Crippen LogP contribution in [0.25, 0.3) is 5.65 Å². The second-order valence-corrected chi connectivity index (χ2v) is 5.96. The molecule has 7 heteroatoms. The number of carbonyl (C=O) groups excluding carboxylic acids is 1.